The van der Waals surface area contributed by atoms with Gasteiger partial charge in [-0.3, -0.25) is 0 Å². The van der Waals surface area contributed by atoms with Crippen LogP contribution in [-0.4, -0.2) is 9.61 Å². The van der Waals surface area contributed by atoms with Crippen LogP contribution in [0.25, 0.3) is 5.52 Å². The molecule has 2 aromatic rings. The Morgan fingerprint density at radius 1 is 1.07 bits per heavy atom. The summed E-state index contributed by atoms with van der Waals surface area (Å²) in [6.07, 6.45) is 2.13. The smallest absolute Gasteiger partial charge is 0.0664 e. The Morgan fingerprint density at radius 2 is 1.80 bits per heavy atom. The molecule has 0 aliphatic carbocycles. The summed E-state index contributed by atoms with van der Waals surface area (Å²) in [6, 6.07) is 6.49. The first-order valence-corrected chi connectivity index (χ1v) is 5.57. The lowest BCUT2D eigenvalue weighted by atomic mass is 10.1. The molecule has 2 rings (SSSR count). The number of fused-ring (bicyclic) bond motifs is 1. The summed E-state index contributed by atoms with van der Waals surface area (Å²) in [6.45, 7) is 8.75. The second-order valence-electron chi connectivity index (χ2n) is 4.71. The Labute approximate surface area is 90.9 Å². The zero-order valence-electron chi connectivity index (χ0n) is 9.86. The van der Waals surface area contributed by atoms with Crippen LogP contribution in [0.5, 0.6) is 0 Å². The Balaban J connectivity index is 2.52. The van der Waals surface area contributed by atoms with Gasteiger partial charge >= 0.3 is 0 Å². The monoisotopic (exact) mass is 202 g/mol. The van der Waals surface area contributed by atoms with Gasteiger partial charge in [0.1, 0.15) is 0 Å². The molecule has 0 radical (unpaired) electrons. The number of aromatic nitrogens is 2. The molecule has 2 heteroatoms. The standard InChI is InChI=1S/C13H18N2/c1-9(2)11-5-6-12-7-13(10(3)4)14-15(12)8-11/h5-10H,1-4H3. The predicted molar refractivity (Wildman–Crippen MR) is 63.4 cm³/mol. The third-order valence-electron chi connectivity index (χ3n) is 2.76. The van der Waals surface area contributed by atoms with Gasteiger partial charge in [-0.25, -0.2) is 4.52 Å². The van der Waals surface area contributed by atoms with Gasteiger partial charge in [0.05, 0.1) is 11.2 Å². The highest BCUT2D eigenvalue weighted by molar-refractivity contribution is 5.49. The summed E-state index contributed by atoms with van der Waals surface area (Å²) in [5, 5.41) is 4.57. The summed E-state index contributed by atoms with van der Waals surface area (Å²) in [7, 11) is 0. The van der Waals surface area contributed by atoms with E-state index in [0.717, 1.165) is 5.69 Å². The molecule has 0 unspecified atom stereocenters. The highest BCUT2D eigenvalue weighted by atomic mass is 15.2. The van der Waals surface area contributed by atoms with Gasteiger partial charge in [0.2, 0.25) is 0 Å². The van der Waals surface area contributed by atoms with E-state index in [1.807, 2.05) is 4.52 Å². The predicted octanol–water partition coefficient (Wildman–Crippen LogP) is 3.58. The number of hydrogen-bond donors (Lipinski definition) is 0. The van der Waals surface area contributed by atoms with Crippen molar-refractivity contribution in [2.45, 2.75) is 39.5 Å². The summed E-state index contributed by atoms with van der Waals surface area (Å²) in [5.74, 6) is 1.05. The van der Waals surface area contributed by atoms with E-state index in [9.17, 15) is 0 Å². The van der Waals surface area contributed by atoms with E-state index in [4.69, 9.17) is 0 Å². The van der Waals surface area contributed by atoms with Crippen LogP contribution in [0.15, 0.2) is 24.4 Å². The normalized spacial score (nSPS) is 11.9. The highest BCUT2D eigenvalue weighted by Gasteiger charge is 2.06. The maximum absolute atomic E-state index is 4.57. The lowest BCUT2D eigenvalue weighted by molar-refractivity contribution is 0.777. The summed E-state index contributed by atoms with van der Waals surface area (Å²) < 4.78 is 1.99. The number of rotatable bonds is 2. The van der Waals surface area contributed by atoms with Gasteiger partial charge in [-0.15, -0.1) is 0 Å². The van der Waals surface area contributed by atoms with Gasteiger partial charge in [-0.1, -0.05) is 33.8 Å². The highest BCUT2D eigenvalue weighted by Crippen LogP contribution is 2.19. The largest absolute Gasteiger partial charge is 0.240 e. The minimum Gasteiger partial charge on any atom is -0.240 e. The maximum Gasteiger partial charge on any atom is 0.0664 e. The van der Waals surface area contributed by atoms with Crippen molar-refractivity contribution in [2.75, 3.05) is 0 Å². The Kier molecular flexibility index (Phi) is 2.51. The zero-order valence-corrected chi connectivity index (χ0v) is 9.86. The van der Waals surface area contributed by atoms with E-state index >= 15 is 0 Å². The average molecular weight is 202 g/mol. The number of nitrogens with zero attached hydrogens (tertiary/aromatic N) is 2. The summed E-state index contributed by atoms with van der Waals surface area (Å²) in [4.78, 5) is 0. The molecule has 0 aromatic carbocycles. The average Bonchev–Trinajstić information content (AvgIpc) is 2.59. The Morgan fingerprint density at radius 3 is 2.40 bits per heavy atom. The molecule has 0 spiro atoms. The molecule has 80 valence electrons. The SMILES string of the molecule is CC(C)c1ccc2cc(C(C)C)nn2c1. The number of hydrogen-bond acceptors (Lipinski definition) is 1. The molecular weight excluding hydrogens is 184 g/mol. The maximum atomic E-state index is 4.57. The van der Waals surface area contributed by atoms with Crippen LogP contribution < -0.4 is 0 Å². The van der Waals surface area contributed by atoms with Crippen LogP contribution in [0, 0.1) is 0 Å². The van der Waals surface area contributed by atoms with Crippen LogP contribution in [-0.2, 0) is 0 Å². The van der Waals surface area contributed by atoms with E-state index in [0.29, 0.717) is 11.8 Å². The Hall–Kier alpha value is -1.31. The fourth-order valence-corrected chi connectivity index (χ4v) is 1.65. The molecule has 0 N–H and O–H groups in total. The minimum atomic E-state index is 0.493. The van der Waals surface area contributed by atoms with Crippen molar-refractivity contribution in [3.63, 3.8) is 0 Å². The fraction of sp³-hybridized carbons (Fsp3) is 0.462. The van der Waals surface area contributed by atoms with E-state index in [2.05, 4.69) is 57.2 Å². The van der Waals surface area contributed by atoms with Gasteiger partial charge in [-0.2, -0.15) is 5.10 Å². The van der Waals surface area contributed by atoms with E-state index in [1.54, 1.807) is 0 Å². The lowest BCUT2D eigenvalue weighted by Crippen LogP contribution is -1.94. The van der Waals surface area contributed by atoms with Crippen LogP contribution in [0.2, 0.25) is 0 Å². The van der Waals surface area contributed by atoms with Crippen molar-refractivity contribution in [2.24, 2.45) is 0 Å². The van der Waals surface area contributed by atoms with Gasteiger partial charge in [-0.05, 0) is 29.5 Å². The van der Waals surface area contributed by atoms with Gasteiger partial charge in [0.25, 0.3) is 0 Å². The van der Waals surface area contributed by atoms with Crippen LogP contribution in [0.4, 0.5) is 0 Å². The fourth-order valence-electron chi connectivity index (χ4n) is 1.65. The molecule has 2 aromatic heterocycles. The van der Waals surface area contributed by atoms with Crippen molar-refractivity contribution in [3.8, 4) is 0 Å². The van der Waals surface area contributed by atoms with Crippen LogP contribution in [0.1, 0.15) is 50.8 Å². The van der Waals surface area contributed by atoms with Gasteiger partial charge < -0.3 is 0 Å². The van der Waals surface area contributed by atoms with Crippen molar-refractivity contribution in [1.29, 1.82) is 0 Å². The number of pyridine rings is 1. The molecule has 0 saturated heterocycles. The first kappa shape index (κ1) is 10.2. The van der Waals surface area contributed by atoms with E-state index in [-0.39, 0.29) is 0 Å². The van der Waals surface area contributed by atoms with Crippen LogP contribution in [0.3, 0.4) is 0 Å². The third-order valence-corrected chi connectivity index (χ3v) is 2.76. The van der Waals surface area contributed by atoms with E-state index < -0.39 is 0 Å². The Bertz CT molecular complexity index is 460. The topological polar surface area (TPSA) is 17.3 Å². The van der Waals surface area contributed by atoms with Crippen molar-refractivity contribution in [3.05, 3.63) is 35.7 Å². The molecule has 0 fully saturated rings. The zero-order chi connectivity index (χ0) is 11.0. The summed E-state index contributed by atoms with van der Waals surface area (Å²) in [5.41, 5.74) is 3.68. The summed E-state index contributed by atoms with van der Waals surface area (Å²) >= 11 is 0. The molecule has 0 bridgehead atoms. The molecule has 15 heavy (non-hydrogen) atoms. The molecule has 2 nitrogen and oxygen atoms in total. The molecule has 0 aliphatic heterocycles. The second kappa shape index (κ2) is 3.69. The first-order valence-electron chi connectivity index (χ1n) is 5.57. The molecule has 0 atom stereocenters. The van der Waals surface area contributed by atoms with Crippen molar-refractivity contribution >= 4 is 5.52 Å². The molecule has 2 heterocycles. The molecule has 0 amide bonds. The second-order valence-corrected chi connectivity index (χ2v) is 4.71. The first-order chi connectivity index (χ1) is 7.08. The van der Waals surface area contributed by atoms with Gasteiger partial charge in [0.15, 0.2) is 0 Å². The molecular formula is C13H18N2. The minimum absolute atomic E-state index is 0.493. The van der Waals surface area contributed by atoms with Crippen LogP contribution >= 0.6 is 0 Å². The third kappa shape index (κ3) is 1.89. The van der Waals surface area contributed by atoms with Crippen molar-refractivity contribution < 1.29 is 0 Å². The van der Waals surface area contributed by atoms with Crippen molar-refractivity contribution in [1.82, 2.24) is 9.61 Å². The molecule has 0 aliphatic rings. The quantitative estimate of drug-likeness (QED) is 0.727. The van der Waals surface area contributed by atoms with Gasteiger partial charge in [0, 0.05) is 6.20 Å². The lowest BCUT2D eigenvalue weighted by Gasteiger charge is -2.04. The molecule has 0 saturated carbocycles. The van der Waals surface area contributed by atoms with E-state index in [1.165, 1.54) is 11.1 Å².